The summed E-state index contributed by atoms with van der Waals surface area (Å²) in [4.78, 5) is -1.23. The highest BCUT2D eigenvalue weighted by Gasteiger charge is 2.57. The Morgan fingerprint density at radius 3 is 2.53 bits per heavy atom. The lowest BCUT2D eigenvalue weighted by Gasteiger charge is -2.17. The predicted molar refractivity (Wildman–Crippen MR) is 76.0 cm³/mol. The summed E-state index contributed by atoms with van der Waals surface area (Å²) >= 11 is 16.5. The molecule has 19 heavy (non-hydrogen) atoms. The SMILES string of the molecule is Cc1cccc(C2(S(=O)(=O)OCC(Cl)(Cl)Cl)CN2)c1. The largest absolute Gasteiger partial charge is 0.292 e. The number of halogens is 3. The maximum atomic E-state index is 12.2. The standard InChI is InChI=1S/C11H12Cl3NO3S/c1-8-3-2-4-9(5-8)10(6-15-10)19(16,17)18-7-11(12,13)14/h2-5,15H,6-7H2,1H3. The molecule has 1 aliphatic heterocycles. The molecule has 1 atom stereocenters. The molecule has 0 amide bonds. The highest BCUT2D eigenvalue weighted by molar-refractivity contribution is 7.88. The topological polar surface area (TPSA) is 65.3 Å². The van der Waals surface area contributed by atoms with Crippen LogP contribution in [0.1, 0.15) is 11.1 Å². The number of hydrogen-bond donors (Lipinski definition) is 1. The highest BCUT2D eigenvalue weighted by Crippen LogP contribution is 2.39. The van der Waals surface area contributed by atoms with E-state index >= 15 is 0 Å². The number of nitrogens with one attached hydrogen (secondary N) is 1. The molecule has 1 aliphatic rings. The Hall–Kier alpha value is -0.0400. The Kier molecular flexibility index (Phi) is 4.09. The van der Waals surface area contributed by atoms with Gasteiger partial charge in [0.25, 0.3) is 10.1 Å². The Balaban J connectivity index is 2.25. The minimum atomic E-state index is -3.92. The maximum Gasteiger partial charge on any atom is 0.292 e. The van der Waals surface area contributed by atoms with Gasteiger partial charge in [-0.3, -0.25) is 9.50 Å². The Morgan fingerprint density at radius 1 is 1.42 bits per heavy atom. The molecule has 1 saturated heterocycles. The van der Waals surface area contributed by atoms with Crippen LogP contribution in [0.2, 0.25) is 0 Å². The average Bonchev–Trinajstić information content (AvgIpc) is 3.07. The van der Waals surface area contributed by atoms with Crippen molar-refractivity contribution >= 4 is 44.9 Å². The molecular weight excluding hydrogens is 333 g/mol. The lowest BCUT2D eigenvalue weighted by molar-refractivity contribution is 0.316. The lowest BCUT2D eigenvalue weighted by atomic mass is 10.1. The molecule has 1 aromatic rings. The van der Waals surface area contributed by atoms with Gasteiger partial charge in [0.05, 0.1) is 0 Å². The van der Waals surface area contributed by atoms with E-state index < -0.39 is 25.4 Å². The van der Waals surface area contributed by atoms with Gasteiger partial charge in [-0.1, -0.05) is 64.6 Å². The van der Waals surface area contributed by atoms with Crippen molar-refractivity contribution in [3.8, 4) is 0 Å². The van der Waals surface area contributed by atoms with Crippen LogP contribution >= 0.6 is 34.8 Å². The van der Waals surface area contributed by atoms with Gasteiger partial charge in [-0.15, -0.1) is 0 Å². The zero-order chi connectivity index (χ0) is 14.3. The number of benzene rings is 1. The van der Waals surface area contributed by atoms with E-state index in [0.717, 1.165) is 5.56 Å². The van der Waals surface area contributed by atoms with Gasteiger partial charge in [0.2, 0.25) is 3.79 Å². The molecule has 0 saturated carbocycles. The fourth-order valence-corrected chi connectivity index (χ4v) is 3.48. The number of rotatable bonds is 4. The van der Waals surface area contributed by atoms with Crippen LogP contribution in [0.15, 0.2) is 24.3 Å². The summed E-state index contributed by atoms with van der Waals surface area (Å²) < 4.78 is 27.5. The first kappa shape index (κ1) is 15.4. The van der Waals surface area contributed by atoms with Crippen LogP contribution in [0.5, 0.6) is 0 Å². The quantitative estimate of drug-likeness (QED) is 0.518. The van der Waals surface area contributed by atoms with Crippen molar-refractivity contribution in [2.45, 2.75) is 15.6 Å². The van der Waals surface area contributed by atoms with Crippen LogP contribution in [0.3, 0.4) is 0 Å². The molecule has 1 fully saturated rings. The molecule has 2 rings (SSSR count). The summed E-state index contributed by atoms with van der Waals surface area (Å²) in [6.45, 7) is 1.64. The van der Waals surface area contributed by atoms with E-state index in [0.29, 0.717) is 5.56 Å². The van der Waals surface area contributed by atoms with Crippen LogP contribution in [0, 0.1) is 6.92 Å². The summed E-state index contributed by atoms with van der Waals surface area (Å²) in [7, 11) is -3.92. The van der Waals surface area contributed by atoms with Gasteiger partial charge < -0.3 is 0 Å². The molecule has 8 heteroatoms. The summed E-state index contributed by atoms with van der Waals surface area (Å²) in [5.41, 5.74) is 1.58. The van der Waals surface area contributed by atoms with Crippen LogP contribution < -0.4 is 5.32 Å². The summed E-state index contributed by atoms with van der Waals surface area (Å²) in [6, 6.07) is 7.19. The third-order valence-corrected chi connectivity index (χ3v) is 4.92. The Labute approximate surface area is 127 Å². The summed E-state index contributed by atoms with van der Waals surface area (Å²) in [5, 5.41) is 2.83. The van der Waals surface area contributed by atoms with Crippen LogP contribution in [-0.4, -0.2) is 25.4 Å². The fraction of sp³-hybridized carbons (Fsp3) is 0.455. The molecular formula is C11H12Cl3NO3S. The third kappa shape index (κ3) is 3.35. The van der Waals surface area contributed by atoms with E-state index in [-0.39, 0.29) is 6.54 Å². The van der Waals surface area contributed by atoms with Crippen molar-refractivity contribution in [3.63, 3.8) is 0 Å². The van der Waals surface area contributed by atoms with Gasteiger partial charge in [-0.2, -0.15) is 8.42 Å². The van der Waals surface area contributed by atoms with Gasteiger partial charge in [0.1, 0.15) is 6.61 Å². The predicted octanol–water partition coefficient (Wildman–Crippen LogP) is 2.47. The fourth-order valence-electron chi connectivity index (χ4n) is 1.75. The van der Waals surface area contributed by atoms with Crippen molar-refractivity contribution in [3.05, 3.63) is 35.4 Å². The molecule has 0 aliphatic carbocycles. The second-order valence-corrected chi connectivity index (χ2v) is 8.74. The zero-order valence-electron chi connectivity index (χ0n) is 9.99. The molecule has 0 radical (unpaired) electrons. The van der Waals surface area contributed by atoms with E-state index in [2.05, 4.69) is 5.32 Å². The monoisotopic (exact) mass is 343 g/mol. The minimum Gasteiger partial charge on any atom is -0.288 e. The average molecular weight is 345 g/mol. The summed E-state index contributed by atoms with van der Waals surface area (Å²) in [6.07, 6.45) is 0. The van der Waals surface area contributed by atoms with Gasteiger partial charge in [0, 0.05) is 6.54 Å². The molecule has 106 valence electrons. The second kappa shape index (κ2) is 5.06. The van der Waals surface area contributed by atoms with Gasteiger partial charge >= 0.3 is 0 Å². The zero-order valence-corrected chi connectivity index (χ0v) is 13.1. The van der Waals surface area contributed by atoms with E-state index in [9.17, 15) is 8.42 Å². The third-order valence-electron chi connectivity index (χ3n) is 2.79. The van der Waals surface area contributed by atoms with Gasteiger partial charge in [-0.25, -0.2) is 0 Å². The number of hydrogen-bond acceptors (Lipinski definition) is 4. The van der Waals surface area contributed by atoms with Gasteiger partial charge in [0.15, 0.2) is 4.87 Å². The molecule has 4 nitrogen and oxygen atoms in total. The van der Waals surface area contributed by atoms with E-state index in [1.165, 1.54) is 0 Å². The van der Waals surface area contributed by atoms with Crippen LogP contribution in [-0.2, 0) is 19.2 Å². The first-order chi connectivity index (χ1) is 8.66. The molecule has 0 spiro atoms. The van der Waals surface area contributed by atoms with Crippen molar-refractivity contribution in [1.82, 2.24) is 5.32 Å². The van der Waals surface area contributed by atoms with E-state index in [1.807, 2.05) is 13.0 Å². The molecule has 0 bridgehead atoms. The number of aryl methyl sites for hydroxylation is 1. The highest BCUT2D eigenvalue weighted by atomic mass is 35.6. The van der Waals surface area contributed by atoms with E-state index in [1.54, 1.807) is 18.2 Å². The second-order valence-electron chi connectivity index (χ2n) is 4.38. The first-order valence-electron chi connectivity index (χ1n) is 5.44. The summed E-state index contributed by atoms with van der Waals surface area (Å²) in [5.74, 6) is 0. The molecule has 0 aromatic heterocycles. The molecule has 1 heterocycles. The van der Waals surface area contributed by atoms with Crippen LogP contribution in [0.25, 0.3) is 0 Å². The van der Waals surface area contributed by atoms with E-state index in [4.69, 9.17) is 39.0 Å². The Bertz CT molecular complexity index is 579. The van der Waals surface area contributed by atoms with Crippen molar-refractivity contribution in [2.24, 2.45) is 0 Å². The smallest absolute Gasteiger partial charge is 0.288 e. The molecule has 1 N–H and O–H groups in total. The van der Waals surface area contributed by atoms with Crippen molar-refractivity contribution in [2.75, 3.05) is 13.2 Å². The van der Waals surface area contributed by atoms with Crippen molar-refractivity contribution in [1.29, 1.82) is 0 Å². The normalized spacial score (nSPS) is 23.4. The van der Waals surface area contributed by atoms with Gasteiger partial charge in [-0.05, 0) is 12.5 Å². The maximum absolute atomic E-state index is 12.2. The van der Waals surface area contributed by atoms with Crippen molar-refractivity contribution < 1.29 is 12.6 Å². The van der Waals surface area contributed by atoms with Crippen LogP contribution in [0.4, 0.5) is 0 Å². The minimum absolute atomic E-state index is 0.276. The Morgan fingerprint density at radius 2 is 2.05 bits per heavy atom. The number of alkyl halides is 3. The molecule has 1 unspecified atom stereocenters. The first-order valence-corrected chi connectivity index (χ1v) is 7.98. The molecule has 1 aromatic carbocycles. The lowest BCUT2D eigenvalue weighted by Crippen LogP contribution is -2.30.